The number of hydrogen-bond acceptors (Lipinski definition) is 4. The molecular formula is C20H21ClN2O4. The Balaban J connectivity index is 1.73. The second-order valence-corrected chi connectivity index (χ2v) is 6.68. The van der Waals surface area contributed by atoms with Crippen LogP contribution in [0.2, 0.25) is 5.02 Å². The van der Waals surface area contributed by atoms with Gasteiger partial charge in [0.05, 0.1) is 11.8 Å². The number of hydrogen-bond donors (Lipinski definition) is 1. The number of ether oxygens (including phenoxy) is 1. The van der Waals surface area contributed by atoms with Crippen LogP contribution >= 0.6 is 11.6 Å². The Kier molecular flexibility index (Phi) is 5.98. The standard InChI is InChI=1S/C20H21ClN2O4/c1-3-26-12-16-9-17-19(25)14(11-23(2)20(17)27-16)8-18(24)22-10-13-4-6-15(21)7-5-13/h4-7,9,11H,3,8,10,12H2,1-2H3,(H,22,24). The summed E-state index contributed by atoms with van der Waals surface area (Å²) in [4.78, 5) is 25.0. The fraction of sp³-hybridized carbons (Fsp3) is 0.300. The van der Waals surface area contributed by atoms with E-state index in [1.807, 2.05) is 19.1 Å². The Labute approximate surface area is 161 Å². The molecule has 2 heterocycles. The van der Waals surface area contributed by atoms with Crippen LogP contribution in [0.15, 0.2) is 45.7 Å². The van der Waals surface area contributed by atoms with Crippen molar-refractivity contribution in [2.45, 2.75) is 26.5 Å². The summed E-state index contributed by atoms with van der Waals surface area (Å²) in [5, 5.41) is 3.92. The lowest BCUT2D eigenvalue weighted by Crippen LogP contribution is -2.27. The normalized spacial score (nSPS) is 11.1. The van der Waals surface area contributed by atoms with Crippen molar-refractivity contribution in [3.05, 3.63) is 68.7 Å². The van der Waals surface area contributed by atoms with Gasteiger partial charge in [0.25, 0.3) is 0 Å². The third-order valence-electron chi connectivity index (χ3n) is 4.17. The number of amides is 1. The zero-order chi connectivity index (χ0) is 19.4. The van der Waals surface area contributed by atoms with Crippen molar-refractivity contribution in [2.75, 3.05) is 6.61 Å². The van der Waals surface area contributed by atoms with Crippen LogP contribution in [0.3, 0.4) is 0 Å². The zero-order valence-electron chi connectivity index (χ0n) is 15.3. The van der Waals surface area contributed by atoms with E-state index in [1.165, 1.54) is 0 Å². The molecule has 1 amide bonds. The highest BCUT2D eigenvalue weighted by atomic mass is 35.5. The maximum atomic E-state index is 12.7. The van der Waals surface area contributed by atoms with Crippen molar-refractivity contribution in [1.82, 2.24) is 9.88 Å². The van der Waals surface area contributed by atoms with Crippen molar-refractivity contribution in [3.63, 3.8) is 0 Å². The maximum Gasteiger partial charge on any atom is 0.224 e. The van der Waals surface area contributed by atoms with Crippen LogP contribution in [-0.4, -0.2) is 17.1 Å². The molecule has 0 saturated carbocycles. The lowest BCUT2D eigenvalue weighted by Gasteiger charge is -2.07. The van der Waals surface area contributed by atoms with Crippen molar-refractivity contribution in [2.24, 2.45) is 7.05 Å². The zero-order valence-corrected chi connectivity index (χ0v) is 16.0. The lowest BCUT2D eigenvalue weighted by molar-refractivity contribution is -0.120. The molecule has 0 radical (unpaired) electrons. The number of halogens is 1. The number of rotatable bonds is 7. The van der Waals surface area contributed by atoms with E-state index in [1.54, 1.807) is 36.0 Å². The summed E-state index contributed by atoms with van der Waals surface area (Å²) in [6, 6.07) is 8.91. The molecule has 0 atom stereocenters. The Morgan fingerprint density at radius 2 is 2.04 bits per heavy atom. The van der Waals surface area contributed by atoms with Gasteiger partial charge in [0.15, 0.2) is 5.43 Å². The van der Waals surface area contributed by atoms with Gasteiger partial charge in [-0.15, -0.1) is 0 Å². The monoisotopic (exact) mass is 388 g/mol. The SMILES string of the molecule is CCOCc1cc2c(=O)c(CC(=O)NCc3ccc(Cl)cc3)cn(C)c2o1. The molecule has 142 valence electrons. The summed E-state index contributed by atoms with van der Waals surface area (Å²) < 4.78 is 12.7. The fourth-order valence-electron chi connectivity index (χ4n) is 2.82. The van der Waals surface area contributed by atoms with Crippen molar-refractivity contribution >= 4 is 28.6 Å². The highest BCUT2D eigenvalue weighted by Gasteiger charge is 2.15. The van der Waals surface area contributed by atoms with Crippen LogP contribution in [0.1, 0.15) is 23.8 Å². The summed E-state index contributed by atoms with van der Waals surface area (Å²) in [6.45, 7) is 3.14. The summed E-state index contributed by atoms with van der Waals surface area (Å²) in [7, 11) is 1.78. The van der Waals surface area contributed by atoms with Crippen molar-refractivity contribution < 1.29 is 13.9 Å². The van der Waals surface area contributed by atoms with Gasteiger partial charge in [-0.05, 0) is 30.7 Å². The Hall–Kier alpha value is -2.57. The quantitative estimate of drug-likeness (QED) is 0.674. The van der Waals surface area contributed by atoms with E-state index in [9.17, 15) is 9.59 Å². The molecule has 0 aliphatic carbocycles. The molecule has 1 aromatic carbocycles. The number of carbonyl (C=O) groups excluding carboxylic acids is 1. The first-order valence-electron chi connectivity index (χ1n) is 8.67. The number of carbonyl (C=O) groups is 1. The summed E-state index contributed by atoms with van der Waals surface area (Å²) in [5.74, 6) is 0.364. The molecule has 3 aromatic rings. The number of fused-ring (bicyclic) bond motifs is 1. The summed E-state index contributed by atoms with van der Waals surface area (Å²) in [6.07, 6.45) is 1.64. The molecule has 1 N–H and O–H groups in total. The van der Waals surface area contributed by atoms with Gasteiger partial charge in [0.1, 0.15) is 12.4 Å². The minimum absolute atomic E-state index is 0.00216. The maximum absolute atomic E-state index is 12.7. The van der Waals surface area contributed by atoms with Gasteiger partial charge in [-0.25, -0.2) is 0 Å². The number of aryl methyl sites for hydroxylation is 1. The third kappa shape index (κ3) is 4.59. The predicted molar refractivity (Wildman–Crippen MR) is 104 cm³/mol. The Morgan fingerprint density at radius 1 is 1.30 bits per heavy atom. The number of aromatic nitrogens is 1. The molecule has 27 heavy (non-hydrogen) atoms. The van der Waals surface area contributed by atoms with Crippen LogP contribution < -0.4 is 10.7 Å². The van der Waals surface area contributed by atoms with Gasteiger partial charge in [-0.2, -0.15) is 0 Å². The van der Waals surface area contributed by atoms with Crippen LogP contribution in [0, 0.1) is 0 Å². The van der Waals surface area contributed by atoms with E-state index >= 15 is 0 Å². The van der Waals surface area contributed by atoms with E-state index in [2.05, 4.69) is 5.32 Å². The molecule has 0 saturated heterocycles. The fourth-order valence-corrected chi connectivity index (χ4v) is 2.94. The number of nitrogens with one attached hydrogen (secondary N) is 1. The van der Waals surface area contributed by atoms with Gasteiger partial charge < -0.3 is 19.0 Å². The van der Waals surface area contributed by atoms with E-state index in [0.717, 1.165) is 5.56 Å². The van der Waals surface area contributed by atoms with Gasteiger partial charge >= 0.3 is 0 Å². The van der Waals surface area contributed by atoms with Gasteiger partial charge in [0.2, 0.25) is 11.6 Å². The highest BCUT2D eigenvalue weighted by Crippen LogP contribution is 2.17. The van der Waals surface area contributed by atoms with Gasteiger partial charge in [0, 0.05) is 37.0 Å². The number of benzene rings is 1. The molecule has 0 unspecified atom stereocenters. The molecular weight excluding hydrogens is 368 g/mol. The van der Waals surface area contributed by atoms with Crippen molar-refractivity contribution in [1.29, 1.82) is 0 Å². The topological polar surface area (TPSA) is 73.5 Å². The third-order valence-corrected chi connectivity index (χ3v) is 4.42. The van der Waals surface area contributed by atoms with Crippen LogP contribution in [0.5, 0.6) is 0 Å². The number of furan rings is 1. The lowest BCUT2D eigenvalue weighted by atomic mass is 10.1. The first-order chi connectivity index (χ1) is 13.0. The smallest absolute Gasteiger partial charge is 0.224 e. The van der Waals surface area contributed by atoms with E-state index in [-0.39, 0.29) is 17.8 Å². The minimum Gasteiger partial charge on any atom is -0.442 e. The van der Waals surface area contributed by atoms with E-state index in [0.29, 0.717) is 47.2 Å². The Morgan fingerprint density at radius 3 is 2.74 bits per heavy atom. The first kappa shape index (κ1) is 19.2. The summed E-state index contributed by atoms with van der Waals surface area (Å²) in [5.41, 5.74) is 1.63. The molecule has 6 nitrogen and oxygen atoms in total. The molecule has 0 fully saturated rings. The predicted octanol–water partition coefficient (Wildman–Crippen LogP) is 3.18. The van der Waals surface area contributed by atoms with Crippen LogP contribution in [-0.2, 0) is 36.2 Å². The molecule has 2 aromatic heterocycles. The molecule has 7 heteroatoms. The average molecular weight is 389 g/mol. The summed E-state index contributed by atoms with van der Waals surface area (Å²) >= 11 is 5.85. The second kappa shape index (κ2) is 8.41. The highest BCUT2D eigenvalue weighted by molar-refractivity contribution is 6.30. The van der Waals surface area contributed by atoms with E-state index in [4.69, 9.17) is 20.8 Å². The second-order valence-electron chi connectivity index (χ2n) is 6.24. The van der Waals surface area contributed by atoms with Gasteiger partial charge in [-0.1, -0.05) is 23.7 Å². The largest absolute Gasteiger partial charge is 0.442 e. The number of nitrogens with zero attached hydrogens (tertiary/aromatic N) is 1. The number of pyridine rings is 1. The van der Waals surface area contributed by atoms with Gasteiger partial charge in [-0.3, -0.25) is 9.59 Å². The van der Waals surface area contributed by atoms with E-state index < -0.39 is 0 Å². The molecule has 3 rings (SSSR count). The molecule has 0 aliphatic heterocycles. The first-order valence-corrected chi connectivity index (χ1v) is 9.05. The molecule has 0 spiro atoms. The molecule has 0 bridgehead atoms. The van der Waals surface area contributed by atoms with Crippen molar-refractivity contribution in [3.8, 4) is 0 Å². The van der Waals surface area contributed by atoms with Crippen LogP contribution in [0.4, 0.5) is 0 Å². The Bertz CT molecular complexity index is 1010. The average Bonchev–Trinajstić information content (AvgIpc) is 3.09. The van der Waals surface area contributed by atoms with Crippen LogP contribution in [0.25, 0.3) is 11.1 Å². The minimum atomic E-state index is -0.223. The molecule has 0 aliphatic rings.